The Balaban J connectivity index is 2.16. The van der Waals surface area contributed by atoms with Crippen LogP contribution in [-0.2, 0) is 4.79 Å². The largest absolute Gasteiger partial charge is 0.465 e. The van der Waals surface area contributed by atoms with Gasteiger partial charge in [-0.1, -0.05) is 0 Å². The van der Waals surface area contributed by atoms with Crippen LogP contribution in [-0.4, -0.2) is 23.7 Å². The summed E-state index contributed by atoms with van der Waals surface area (Å²) in [7, 11) is 0. The van der Waals surface area contributed by atoms with E-state index in [0.717, 1.165) is 6.42 Å². The number of hydrogen-bond donors (Lipinski definition) is 2. The van der Waals surface area contributed by atoms with Crippen molar-refractivity contribution in [3.05, 3.63) is 30.2 Å². The first-order valence-electron chi connectivity index (χ1n) is 5.36. The fourth-order valence-electron chi connectivity index (χ4n) is 1.21. The molecule has 0 aliphatic heterocycles. The zero-order valence-electron chi connectivity index (χ0n) is 9.35. The summed E-state index contributed by atoms with van der Waals surface area (Å²) in [5, 5.41) is 11.7. The van der Waals surface area contributed by atoms with Gasteiger partial charge in [-0.3, -0.25) is 4.79 Å². The summed E-state index contributed by atoms with van der Waals surface area (Å²) in [6, 6.07) is 3.54. The SMILES string of the molecule is CC(O)CCCNC(=O)/C=C/c1ccco1. The Morgan fingerprint density at radius 2 is 2.50 bits per heavy atom. The Bertz CT molecular complexity index is 328. The van der Waals surface area contributed by atoms with Crippen molar-refractivity contribution in [3.8, 4) is 0 Å². The van der Waals surface area contributed by atoms with E-state index >= 15 is 0 Å². The van der Waals surface area contributed by atoms with Crippen LogP contribution in [0.1, 0.15) is 25.5 Å². The number of nitrogens with one attached hydrogen (secondary N) is 1. The highest BCUT2D eigenvalue weighted by atomic mass is 16.3. The van der Waals surface area contributed by atoms with E-state index in [9.17, 15) is 4.79 Å². The van der Waals surface area contributed by atoms with E-state index in [0.29, 0.717) is 18.7 Å². The molecule has 1 aromatic heterocycles. The second kappa shape index (κ2) is 6.85. The Morgan fingerprint density at radius 3 is 3.12 bits per heavy atom. The van der Waals surface area contributed by atoms with E-state index < -0.39 is 0 Å². The van der Waals surface area contributed by atoms with Crippen molar-refractivity contribution in [1.29, 1.82) is 0 Å². The molecule has 0 fully saturated rings. The number of aliphatic hydroxyl groups excluding tert-OH is 1. The van der Waals surface area contributed by atoms with Crippen LogP contribution in [0.4, 0.5) is 0 Å². The summed E-state index contributed by atoms with van der Waals surface area (Å²) in [4.78, 5) is 11.3. The summed E-state index contributed by atoms with van der Waals surface area (Å²) in [6.07, 6.45) is 5.77. The van der Waals surface area contributed by atoms with E-state index in [1.807, 2.05) is 0 Å². The fraction of sp³-hybridized carbons (Fsp3) is 0.417. The summed E-state index contributed by atoms with van der Waals surface area (Å²) in [5.41, 5.74) is 0. The van der Waals surface area contributed by atoms with Gasteiger partial charge in [0, 0.05) is 12.6 Å². The molecule has 0 aromatic carbocycles. The smallest absolute Gasteiger partial charge is 0.244 e. The highest BCUT2D eigenvalue weighted by Crippen LogP contribution is 2.01. The molecule has 4 heteroatoms. The predicted molar refractivity (Wildman–Crippen MR) is 61.7 cm³/mol. The maximum Gasteiger partial charge on any atom is 0.244 e. The van der Waals surface area contributed by atoms with Gasteiger partial charge in [-0.05, 0) is 38.0 Å². The summed E-state index contributed by atoms with van der Waals surface area (Å²) in [6.45, 7) is 2.31. The Hall–Kier alpha value is -1.55. The van der Waals surface area contributed by atoms with Crippen LogP contribution in [0.25, 0.3) is 6.08 Å². The average Bonchev–Trinajstić information content (AvgIpc) is 2.74. The van der Waals surface area contributed by atoms with Crippen LogP contribution in [0.5, 0.6) is 0 Å². The molecule has 1 atom stereocenters. The highest BCUT2D eigenvalue weighted by molar-refractivity contribution is 5.91. The highest BCUT2D eigenvalue weighted by Gasteiger charge is 1.98. The lowest BCUT2D eigenvalue weighted by atomic mass is 10.2. The lowest BCUT2D eigenvalue weighted by Gasteiger charge is -2.03. The third kappa shape index (κ3) is 5.36. The van der Waals surface area contributed by atoms with E-state index in [-0.39, 0.29) is 12.0 Å². The molecule has 0 aliphatic rings. The maximum atomic E-state index is 11.3. The molecule has 1 amide bonds. The molecular weight excluding hydrogens is 206 g/mol. The average molecular weight is 223 g/mol. The van der Waals surface area contributed by atoms with Crippen LogP contribution in [0.2, 0.25) is 0 Å². The summed E-state index contributed by atoms with van der Waals surface area (Å²) < 4.78 is 5.04. The lowest BCUT2D eigenvalue weighted by Crippen LogP contribution is -2.22. The second-order valence-corrected chi connectivity index (χ2v) is 3.63. The van der Waals surface area contributed by atoms with Crippen molar-refractivity contribution in [3.63, 3.8) is 0 Å². The van der Waals surface area contributed by atoms with Crippen molar-refractivity contribution >= 4 is 12.0 Å². The molecular formula is C12H17NO3. The number of amides is 1. The third-order valence-corrected chi connectivity index (χ3v) is 2.04. The predicted octanol–water partition coefficient (Wildman–Crippen LogP) is 1.57. The van der Waals surface area contributed by atoms with E-state index in [2.05, 4.69) is 5.32 Å². The molecule has 0 spiro atoms. The normalized spacial score (nSPS) is 12.9. The first-order valence-corrected chi connectivity index (χ1v) is 5.36. The minimum atomic E-state index is -0.310. The molecule has 1 rings (SSSR count). The fourth-order valence-corrected chi connectivity index (χ4v) is 1.21. The molecule has 1 unspecified atom stereocenters. The maximum absolute atomic E-state index is 11.3. The number of furan rings is 1. The first-order chi connectivity index (χ1) is 7.68. The molecule has 0 saturated carbocycles. The van der Waals surface area contributed by atoms with Crippen molar-refractivity contribution in [2.45, 2.75) is 25.9 Å². The molecule has 0 bridgehead atoms. The van der Waals surface area contributed by atoms with Crippen molar-refractivity contribution in [1.82, 2.24) is 5.32 Å². The Kier molecular flexibility index (Phi) is 5.36. The van der Waals surface area contributed by atoms with Gasteiger partial charge in [0.2, 0.25) is 5.91 Å². The molecule has 88 valence electrons. The monoisotopic (exact) mass is 223 g/mol. The van der Waals surface area contributed by atoms with Crippen molar-refractivity contribution in [2.75, 3.05) is 6.54 Å². The van der Waals surface area contributed by atoms with Gasteiger partial charge in [-0.25, -0.2) is 0 Å². The van der Waals surface area contributed by atoms with E-state index in [1.165, 1.54) is 6.08 Å². The molecule has 0 radical (unpaired) electrons. The van der Waals surface area contributed by atoms with Crippen LogP contribution in [0.15, 0.2) is 28.9 Å². The Morgan fingerprint density at radius 1 is 1.69 bits per heavy atom. The molecule has 0 aliphatic carbocycles. The van der Waals surface area contributed by atoms with Gasteiger partial charge in [0.05, 0.1) is 12.4 Å². The number of hydrogen-bond acceptors (Lipinski definition) is 3. The molecule has 16 heavy (non-hydrogen) atoms. The van der Waals surface area contributed by atoms with Crippen molar-refractivity contribution < 1.29 is 14.3 Å². The van der Waals surface area contributed by atoms with Gasteiger partial charge in [-0.15, -0.1) is 0 Å². The minimum Gasteiger partial charge on any atom is -0.465 e. The molecule has 0 saturated heterocycles. The van der Waals surface area contributed by atoms with Gasteiger partial charge >= 0.3 is 0 Å². The third-order valence-electron chi connectivity index (χ3n) is 2.04. The van der Waals surface area contributed by atoms with Crippen LogP contribution in [0.3, 0.4) is 0 Å². The lowest BCUT2D eigenvalue weighted by molar-refractivity contribution is -0.116. The minimum absolute atomic E-state index is 0.151. The zero-order valence-corrected chi connectivity index (χ0v) is 9.35. The van der Waals surface area contributed by atoms with E-state index in [4.69, 9.17) is 9.52 Å². The van der Waals surface area contributed by atoms with Gasteiger partial charge in [0.1, 0.15) is 5.76 Å². The summed E-state index contributed by atoms with van der Waals surface area (Å²) in [5.74, 6) is 0.501. The van der Waals surface area contributed by atoms with Crippen molar-refractivity contribution in [2.24, 2.45) is 0 Å². The number of aliphatic hydroxyl groups is 1. The topological polar surface area (TPSA) is 62.5 Å². The van der Waals surface area contributed by atoms with Gasteiger partial charge in [-0.2, -0.15) is 0 Å². The van der Waals surface area contributed by atoms with Gasteiger partial charge in [0.25, 0.3) is 0 Å². The number of carbonyl (C=O) groups excluding carboxylic acids is 1. The van der Waals surface area contributed by atoms with E-state index in [1.54, 1.807) is 31.4 Å². The summed E-state index contributed by atoms with van der Waals surface area (Å²) >= 11 is 0. The molecule has 1 heterocycles. The van der Waals surface area contributed by atoms with Gasteiger partial charge in [0.15, 0.2) is 0 Å². The number of carbonyl (C=O) groups is 1. The number of rotatable bonds is 6. The molecule has 1 aromatic rings. The second-order valence-electron chi connectivity index (χ2n) is 3.63. The van der Waals surface area contributed by atoms with Crippen LogP contribution >= 0.6 is 0 Å². The molecule has 2 N–H and O–H groups in total. The zero-order chi connectivity index (χ0) is 11.8. The molecule has 4 nitrogen and oxygen atoms in total. The Labute approximate surface area is 95.0 Å². The van der Waals surface area contributed by atoms with Gasteiger partial charge < -0.3 is 14.8 Å². The quantitative estimate of drug-likeness (QED) is 0.568. The van der Waals surface area contributed by atoms with Crippen LogP contribution < -0.4 is 5.32 Å². The standard InChI is InChI=1S/C12H17NO3/c1-10(14)4-2-8-13-12(15)7-6-11-5-3-9-16-11/h3,5-7,9-10,14H,2,4,8H2,1H3,(H,13,15)/b7-6+. The first kappa shape index (κ1) is 12.5. The van der Waals surface area contributed by atoms with Crippen LogP contribution in [0, 0.1) is 0 Å².